The van der Waals surface area contributed by atoms with Crippen LogP contribution in [-0.4, -0.2) is 23.0 Å². The Morgan fingerprint density at radius 3 is 2.52 bits per heavy atom. The summed E-state index contributed by atoms with van der Waals surface area (Å²) in [5, 5.41) is 11.1. The van der Waals surface area contributed by atoms with Crippen LogP contribution in [0.5, 0.6) is 0 Å². The summed E-state index contributed by atoms with van der Waals surface area (Å²) in [5.41, 5.74) is 1.37. The predicted octanol–water partition coefficient (Wildman–Crippen LogP) is 5.10. The van der Waals surface area contributed by atoms with Crippen molar-refractivity contribution in [2.24, 2.45) is 35.5 Å². The minimum Gasteiger partial charge on any atom is -0.512 e. The highest BCUT2D eigenvalue weighted by Crippen LogP contribution is 2.47. The third kappa shape index (κ3) is 4.80. The molecular weight excluding hydrogens is 364 g/mol. The fraction of sp³-hybridized carbons (Fsp3) is 0.520. The largest absolute Gasteiger partial charge is 0.512 e. The summed E-state index contributed by atoms with van der Waals surface area (Å²) in [6.07, 6.45) is 17.2. The van der Waals surface area contributed by atoms with Crippen LogP contribution in [0.4, 0.5) is 0 Å². The Bertz CT molecular complexity index is 798. The van der Waals surface area contributed by atoms with Gasteiger partial charge in [0, 0.05) is 12.0 Å². The Morgan fingerprint density at radius 2 is 1.76 bits per heavy atom. The number of carbonyl (C=O) groups excluding carboxylic acids is 2. The highest BCUT2D eigenvalue weighted by atomic mass is 16.5. The van der Waals surface area contributed by atoms with Crippen LogP contribution in [0.3, 0.4) is 0 Å². The van der Waals surface area contributed by atoms with Crippen LogP contribution in [0.1, 0.15) is 40.5 Å². The van der Waals surface area contributed by atoms with Gasteiger partial charge in [0.15, 0.2) is 5.78 Å². The molecule has 4 nitrogen and oxygen atoms in total. The molecule has 4 heteroatoms. The molecule has 0 unspecified atom stereocenters. The maximum absolute atomic E-state index is 12.7. The summed E-state index contributed by atoms with van der Waals surface area (Å²) in [4.78, 5) is 25.0. The van der Waals surface area contributed by atoms with Crippen molar-refractivity contribution in [3.63, 3.8) is 0 Å². The highest BCUT2D eigenvalue weighted by Gasteiger charge is 2.41. The standard InChI is InChI=1S/C25H32O4/c1-15-9-11-21-19(13-15)10-12-20-16(2)7-5-6-8-17(3)29-25(28)18(4)22(26)14-23(27)24(20)21/h5-10,12,14,16-21,24,27H,11,13H2,1-4H3/b7-5-,8-6+,23-14-/t16-,17-,18+,19+,20-,21+,24+/m1/s1. The number of aliphatic hydroxyl groups excluding tert-OH is 1. The van der Waals surface area contributed by atoms with Gasteiger partial charge in [-0.3, -0.25) is 9.59 Å². The second-order valence-electron chi connectivity index (χ2n) is 8.77. The Kier molecular flexibility index (Phi) is 6.61. The highest BCUT2D eigenvalue weighted by molar-refractivity contribution is 6.04. The van der Waals surface area contributed by atoms with Crippen LogP contribution in [0.25, 0.3) is 0 Å². The minimum atomic E-state index is -0.939. The first-order valence-electron chi connectivity index (χ1n) is 10.6. The fourth-order valence-electron chi connectivity index (χ4n) is 4.73. The molecule has 0 aromatic rings. The number of aliphatic hydroxyl groups is 1. The summed E-state index contributed by atoms with van der Waals surface area (Å²) in [6.45, 7) is 7.59. The van der Waals surface area contributed by atoms with Gasteiger partial charge in [-0.05, 0) is 63.4 Å². The zero-order chi connectivity index (χ0) is 21.1. The Balaban J connectivity index is 2.01. The molecule has 0 amide bonds. The van der Waals surface area contributed by atoms with Gasteiger partial charge >= 0.3 is 5.97 Å². The van der Waals surface area contributed by atoms with E-state index < -0.39 is 23.8 Å². The van der Waals surface area contributed by atoms with E-state index in [1.54, 1.807) is 13.0 Å². The predicted molar refractivity (Wildman–Crippen MR) is 114 cm³/mol. The lowest BCUT2D eigenvalue weighted by Crippen LogP contribution is -2.37. The topological polar surface area (TPSA) is 63.6 Å². The van der Waals surface area contributed by atoms with Crippen molar-refractivity contribution in [3.8, 4) is 0 Å². The summed E-state index contributed by atoms with van der Waals surface area (Å²) in [7, 11) is 0. The van der Waals surface area contributed by atoms with E-state index in [1.165, 1.54) is 18.6 Å². The van der Waals surface area contributed by atoms with Crippen molar-refractivity contribution in [2.75, 3.05) is 0 Å². The van der Waals surface area contributed by atoms with E-state index in [9.17, 15) is 14.7 Å². The number of ketones is 1. The molecule has 3 aliphatic rings. The van der Waals surface area contributed by atoms with Crippen molar-refractivity contribution in [2.45, 2.75) is 46.6 Å². The van der Waals surface area contributed by atoms with E-state index in [0.717, 1.165) is 12.8 Å². The quantitative estimate of drug-likeness (QED) is 0.351. The van der Waals surface area contributed by atoms with Crippen LogP contribution < -0.4 is 0 Å². The second kappa shape index (κ2) is 8.98. The Hall–Kier alpha value is -2.36. The zero-order valence-corrected chi connectivity index (χ0v) is 17.7. The van der Waals surface area contributed by atoms with E-state index in [1.807, 2.05) is 12.2 Å². The molecule has 2 aliphatic carbocycles. The lowest BCUT2D eigenvalue weighted by Gasteiger charge is -2.43. The van der Waals surface area contributed by atoms with Crippen molar-refractivity contribution in [3.05, 3.63) is 59.9 Å². The number of hydrogen-bond donors (Lipinski definition) is 1. The minimum absolute atomic E-state index is 0.0906. The molecule has 1 aliphatic heterocycles. The molecule has 0 bridgehead atoms. The van der Waals surface area contributed by atoms with Crippen molar-refractivity contribution >= 4 is 11.8 Å². The van der Waals surface area contributed by atoms with Crippen molar-refractivity contribution < 1.29 is 19.4 Å². The number of cyclic esters (lactones) is 1. The van der Waals surface area contributed by atoms with Crippen LogP contribution >= 0.6 is 0 Å². The lowest BCUT2D eigenvalue weighted by atomic mass is 9.62. The van der Waals surface area contributed by atoms with Gasteiger partial charge in [0.2, 0.25) is 0 Å². The lowest BCUT2D eigenvalue weighted by molar-refractivity contribution is -0.152. The van der Waals surface area contributed by atoms with E-state index >= 15 is 0 Å². The number of hydrogen-bond acceptors (Lipinski definition) is 4. The van der Waals surface area contributed by atoms with Gasteiger partial charge in [-0.1, -0.05) is 49.0 Å². The fourth-order valence-corrected chi connectivity index (χ4v) is 4.73. The molecule has 0 aromatic heterocycles. The first-order chi connectivity index (χ1) is 13.8. The first-order valence-corrected chi connectivity index (χ1v) is 10.6. The van der Waals surface area contributed by atoms with Gasteiger partial charge < -0.3 is 9.84 Å². The number of ether oxygens (including phenoxy) is 1. The molecule has 29 heavy (non-hydrogen) atoms. The molecule has 0 radical (unpaired) electrons. The van der Waals surface area contributed by atoms with Gasteiger partial charge in [0.25, 0.3) is 0 Å². The van der Waals surface area contributed by atoms with Gasteiger partial charge in [-0.2, -0.15) is 0 Å². The van der Waals surface area contributed by atoms with Crippen LogP contribution in [0, 0.1) is 35.5 Å². The summed E-state index contributed by atoms with van der Waals surface area (Å²) >= 11 is 0. The summed E-state index contributed by atoms with van der Waals surface area (Å²) in [5.74, 6) is -1.07. The third-order valence-electron chi connectivity index (χ3n) is 6.53. The van der Waals surface area contributed by atoms with Crippen LogP contribution in [0.2, 0.25) is 0 Å². The molecule has 0 saturated heterocycles. The van der Waals surface area contributed by atoms with Gasteiger partial charge in [0.05, 0.1) is 5.76 Å². The molecular formula is C25H32O4. The number of rotatable bonds is 0. The molecule has 3 rings (SSSR count). The van der Waals surface area contributed by atoms with Crippen LogP contribution in [-0.2, 0) is 14.3 Å². The van der Waals surface area contributed by atoms with E-state index in [0.29, 0.717) is 5.92 Å². The summed E-state index contributed by atoms with van der Waals surface area (Å²) in [6, 6.07) is 0. The first kappa shape index (κ1) is 21.4. The number of carbonyl (C=O) groups is 2. The molecule has 156 valence electrons. The maximum atomic E-state index is 12.7. The second-order valence-corrected chi connectivity index (χ2v) is 8.77. The number of allylic oxidation sites excluding steroid dienone is 9. The molecule has 0 fully saturated rings. The Morgan fingerprint density at radius 1 is 1.03 bits per heavy atom. The SMILES string of the molecule is CC1=CC[C@@H]2[C@H]3/C(O)=C/C(=O)[C@H](C)C(=O)O[C@H](C)/C=C/C=C\[C@@H](C)[C@H]3C=C[C@H]2C1. The molecule has 7 atom stereocenters. The van der Waals surface area contributed by atoms with E-state index in [2.05, 4.69) is 38.2 Å². The smallest absolute Gasteiger partial charge is 0.317 e. The van der Waals surface area contributed by atoms with Crippen molar-refractivity contribution in [1.29, 1.82) is 0 Å². The van der Waals surface area contributed by atoms with Crippen LogP contribution in [0.15, 0.2) is 59.9 Å². The van der Waals surface area contributed by atoms with Crippen molar-refractivity contribution in [1.82, 2.24) is 0 Å². The molecule has 0 spiro atoms. The van der Waals surface area contributed by atoms with E-state index in [4.69, 9.17) is 4.74 Å². The molecule has 0 saturated carbocycles. The molecule has 1 N–H and O–H groups in total. The average Bonchev–Trinajstić information content (AvgIpc) is 2.68. The number of fused-ring (bicyclic) bond motifs is 3. The molecule has 0 aromatic carbocycles. The maximum Gasteiger partial charge on any atom is 0.317 e. The summed E-state index contributed by atoms with van der Waals surface area (Å²) < 4.78 is 5.33. The third-order valence-corrected chi connectivity index (χ3v) is 6.53. The van der Waals surface area contributed by atoms with Gasteiger partial charge in [-0.15, -0.1) is 0 Å². The normalized spacial score (nSPS) is 42.3. The Labute approximate surface area is 173 Å². The van der Waals surface area contributed by atoms with Gasteiger partial charge in [0.1, 0.15) is 12.0 Å². The van der Waals surface area contributed by atoms with Gasteiger partial charge in [-0.25, -0.2) is 0 Å². The molecule has 1 heterocycles. The monoisotopic (exact) mass is 396 g/mol. The number of esters is 1. The van der Waals surface area contributed by atoms with E-state index in [-0.39, 0.29) is 29.4 Å². The average molecular weight is 397 g/mol. The zero-order valence-electron chi connectivity index (χ0n) is 17.7.